The number of hydrogen-bond acceptors (Lipinski definition) is 4. The number of benzene rings is 1. The molecule has 0 saturated heterocycles. The first kappa shape index (κ1) is 17.4. The number of aromatic amines is 2. The van der Waals surface area contributed by atoms with Crippen LogP contribution in [0.3, 0.4) is 0 Å². The molecule has 1 aliphatic carbocycles. The minimum atomic E-state index is -3.52. The van der Waals surface area contributed by atoms with Gasteiger partial charge in [-0.1, -0.05) is 0 Å². The number of nitrogens with one attached hydrogen (secondary N) is 2. The quantitative estimate of drug-likeness (QED) is 0.545. The Kier molecular flexibility index (Phi) is 4.00. The van der Waals surface area contributed by atoms with Crippen molar-refractivity contribution in [3.05, 3.63) is 40.3 Å². The molecule has 9 heteroatoms. The molecule has 3 N–H and O–H groups in total. The van der Waals surface area contributed by atoms with E-state index in [1.165, 1.54) is 24.4 Å². The van der Waals surface area contributed by atoms with Gasteiger partial charge in [0.2, 0.25) is 0 Å². The zero-order valence-electron chi connectivity index (χ0n) is 13.5. The number of sulfone groups is 1. The zero-order chi connectivity index (χ0) is 18.6. The molecule has 1 fully saturated rings. The molecule has 0 spiro atoms. The summed E-state index contributed by atoms with van der Waals surface area (Å²) in [5, 5.41) is 9.60. The predicted molar refractivity (Wildman–Crippen MR) is 97.7 cm³/mol. The SMILES string of the molecule is O=C(O)c1c[nH]c2c(=O)[nH]c3ccc(S(=O)(=O)C4CCC([As])C4)cc3c12. The van der Waals surface area contributed by atoms with E-state index in [1.54, 1.807) is 0 Å². The van der Waals surface area contributed by atoms with Crippen molar-refractivity contribution >= 4 is 54.5 Å². The van der Waals surface area contributed by atoms with E-state index in [9.17, 15) is 23.1 Å². The van der Waals surface area contributed by atoms with Crippen LogP contribution in [-0.2, 0) is 9.84 Å². The number of carbonyl (C=O) groups is 1. The van der Waals surface area contributed by atoms with E-state index in [4.69, 9.17) is 0 Å². The van der Waals surface area contributed by atoms with Crippen LogP contribution in [0.15, 0.2) is 34.1 Å². The van der Waals surface area contributed by atoms with Gasteiger partial charge in [0.1, 0.15) is 0 Å². The molecule has 1 saturated carbocycles. The van der Waals surface area contributed by atoms with E-state index >= 15 is 0 Å². The van der Waals surface area contributed by atoms with Crippen LogP contribution in [0.4, 0.5) is 0 Å². The van der Waals surface area contributed by atoms with Crippen molar-refractivity contribution in [2.45, 2.75) is 34.1 Å². The molecular formula is C17H15AsN2O5S. The van der Waals surface area contributed by atoms with E-state index in [-0.39, 0.29) is 21.4 Å². The number of pyridine rings is 1. The second-order valence-corrected chi connectivity index (χ2v) is 10.3. The molecule has 7 nitrogen and oxygen atoms in total. The van der Waals surface area contributed by atoms with Crippen LogP contribution in [0.1, 0.15) is 29.6 Å². The fraction of sp³-hybridized carbons (Fsp3) is 0.294. The van der Waals surface area contributed by atoms with Crippen molar-refractivity contribution in [1.29, 1.82) is 0 Å². The monoisotopic (exact) mass is 434 g/mol. The van der Waals surface area contributed by atoms with Crippen molar-refractivity contribution in [2.24, 2.45) is 0 Å². The molecule has 4 rings (SSSR count). The van der Waals surface area contributed by atoms with Crippen LogP contribution in [0, 0.1) is 0 Å². The van der Waals surface area contributed by atoms with Gasteiger partial charge in [0.15, 0.2) is 0 Å². The summed E-state index contributed by atoms with van der Waals surface area (Å²) in [5.74, 6) is -1.18. The number of aromatic carboxylic acids is 1. The van der Waals surface area contributed by atoms with Gasteiger partial charge in [-0.05, 0) is 0 Å². The number of fused-ring (bicyclic) bond motifs is 3. The Morgan fingerprint density at radius 1 is 1.27 bits per heavy atom. The summed E-state index contributed by atoms with van der Waals surface area (Å²) in [4.78, 5) is 29.2. The normalized spacial score (nSPS) is 20.8. The third kappa shape index (κ3) is 2.59. The molecular weight excluding hydrogens is 419 g/mol. The van der Waals surface area contributed by atoms with Gasteiger partial charge < -0.3 is 0 Å². The standard InChI is InChI=1S/C17H15AsN2O5S/c18-8-1-2-9(5-8)26(24,25)10-3-4-13-11(6-10)14-12(17(22)23)7-19-15(14)16(21)20-13/h3-4,6-9,19H,1-2,5H2,(H,20,21)(H,22,23). The van der Waals surface area contributed by atoms with E-state index < -0.39 is 26.6 Å². The predicted octanol–water partition coefficient (Wildman–Crippen LogP) is 1.99. The van der Waals surface area contributed by atoms with Crippen LogP contribution in [0.2, 0.25) is 4.71 Å². The maximum absolute atomic E-state index is 13.0. The van der Waals surface area contributed by atoms with Gasteiger partial charge in [0, 0.05) is 0 Å². The summed E-state index contributed by atoms with van der Waals surface area (Å²) in [6.45, 7) is 0. The molecule has 0 bridgehead atoms. The Bertz CT molecular complexity index is 1210. The Hall–Kier alpha value is -2.05. The third-order valence-corrected chi connectivity index (χ3v) is 8.17. The van der Waals surface area contributed by atoms with Crippen molar-refractivity contribution in [2.75, 3.05) is 0 Å². The van der Waals surface area contributed by atoms with Crippen LogP contribution in [-0.4, -0.2) is 51.6 Å². The maximum atomic E-state index is 13.0. The van der Waals surface area contributed by atoms with Crippen LogP contribution >= 0.6 is 0 Å². The molecule has 2 radical (unpaired) electrons. The second-order valence-electron chi connectivity index (χ2n) is 6.55. The molecule has 3 aromatic rings. The molecule has 2 unspecified atom stereocenters. The topological polar surface area (TPSA) is 120 Å². The van der Waals surface area contributed by atoms with E-state index in [0.717, 1.165) is 6.42 Å². The van der Waals surface area contributed by atoms with E-state index in [0.29, 0.717) is 28.5 Å². The van der Waals surface area contributed by atoms with Gasteiger partial charge in [0.25, 0.3) is 0 Å². The van der Waals surface area contributed by atoms with Crippen molar-refractivity contribution in [3.8, 4) is 0 Å². The summed E-state index contributed by atoms with van der Waals surface area (Å²) in [7, 11) is -3.52. The van der Waals surface area contributed by atoms with Gasteiger partial charge in [-0.15, -0.1) is 0 Å². The number of rotatable bonds is 3. The summed E-state index contributed by atoms with van der Waals surface area (Å²) in [6, 6.07) is 4.47. The van der Waals surface area contributed by atoms with Crippen molar-refractivity contribution < 1.29 is 18.3 Å². The second kappa shape index (κ2) is 5.99. The van der Waals surface area contributed by atoms with Gasteiger partial charge in [0.05, 0.1) is 0 Å². The van der Waals surface area contributed by atoms with Gasteiger partial charge >= 0.3 is 157 Å². The molecule has 134 valence electrons. The number of carboxylic acids is 1. The van der Waals surface area contributed by atoms with Crippen molar-refractivity contribution in [3.63, 3.8) is 0 Å². The van der Waals surface area contributed by atoms with Gasteiger partial charge in [-0.3, -0.25) is 0 Å². The summed E-state index contributed by atoms with van der Waals surface area (Å²) < 4.78 is 26.3. The van der Waals surface area contributed by atoms with E-state index in [1.807, 2.05) is 0 Å². The molecule has 2 atom stereocenters. The average Bonchev–Trinajstić information content (AvgIpc) is 3.21. The number of hydrogen-bond donors (Lipinski definition) is 3. The Labute approximate surface area is 157 Å². The molecule has 26 heavy (non-hydrogen) atoms. The fourth-order valence-corrected chi connectivity index (χ4v) is 6.66. The molecule has 2 heterocycles. The minimum absolute atomic E-state index is 0.0579. The first-order valence-corrected chi connectivity index (χ1v) is 10.7. The molecule has 1 aromatic carbocycles. The average molecular weight is 434 g/mol. The Morgan fingerprint density at radius 2 is 2.04 bits per heavy atom. The molecule has 0 aliphatic heterocycles. The van der Waals surface area contributed by atoms with Crippen LogP contribution in [0.5, 0.6) is 0 Å². The van der Waals surface area contributed by atoms with Crippen LogP contribution < -0.4 is 5.56 Å². The van der Waals surface area contributed by atoms with Crippen LogP contribution in [0.25, 0.3) is 21.8 Å². The van der Waals surface area contributed by atoms with Gasteiger partial charge in [-0.2, -0.15) is 0 Å². The Balaban J connectivity index is 1.99. The van der Waals surface area contributed by atoms with Crippen molar-refractivity contribution in [1.82, 2.24) is 9.97 Å². The summed E-state index contributed by atoms with van der Waals surface area (Å²) in [6.07, 6.45) is 3.33. The van der Waals surface area contributed by atoms with Gasteiger partial charge in [-0.25, -0.2) is 0 Å². The summed E-state index contributed by atoms with van der Waals surface area (Å²) >= 11 is 2.52. The first-order chi connectivity index (χ1) is 12.3. The number of aromatic nitrogens is 2. The molecule has 1 aliphatic rings. The number of carboxylic acid groups (broad SMARTS) is 1. The molecule has 0 amide bonds. The zero-order valence-corrected chi connectivity index (χ0v) is 16.2. The number of H-pyrrole nitrogens is 2. The van der Waals surface area contributed by atoms with E-state index in [2.05, 4.69) is 26.8 Å². The first-order valence-electron chi connectivity index (χ1n) is 8.11. The summed E-state index contributed by atoms with van der Waals surface area (Å²) in [5.41, 5.74) is 0.0201. The fourth-order valence-electron chi connectivity index (χ4n) is 3.64. The third-order valence-electron chi connectivity index (χ3n) is 4.97. The molecule has 2 aromatic heterocycles. The Morgan fingerprint density at radius 3 is 2.69 bits per heavy atom.